The molecule has 2 N–H and O–H groups in total. The summed E-state index contributed by atoms with van der Waals surface area (Å²) in [6, 6.07) is 7.48. The molecule has 0 unspecified atom stereocenters. The molecule has 0 radical (unpaired) electrons. The third-order valence-corrected chi connectivity index (χ3v) is 3.15. The predicted octanol–water partition coefficient (Wildman–Crippen LogP) is 2.25. The Hall–Kier alpha value is -2.13. The van der Waals surface area contributed by atoms with Crippen LogP contribution in [0.3, 0.4) is 0 Å². The van der Waals surface area contributed by atoms with E-state index >= 15 is 0 Å². The standard InChI is InChI=1S/C13H9BrFN3O/c14-11-4-10(17)7-18(13(11)19)6-9-2-1-8(5-16)3-12(9)15/h1-4,7H,6,17H2. The predicted molar refractivity (Wildman–Crippen MR) is 73.0 cm³/mol. The second kappa shape index (κ2) is 5.24. The van der Waals surface area contributed by atoms with Gasteiger partial charge in [0.25, 0.3) is 5.56 Å². The molecule has 2 rings (SSSR count). The van der Waals surface area contributed by atoms with Gasteiger partial charge in [-0.3, -0.25) is 4.79 Å². The van der Waals surface area contributed by atoms with E-state index in [-0.39, 0.29) is 17.7 Å². The molecule has 1 heterocycles. The lowest BCUT2D eigenvalue weighted by molar-refractivity contribution is 0.595. The van der Waals surface area contributed by atoms with Crippen LogP contribution in [-0.2, 0) is 6.54 Å². The smallest absolute Gasteiger partial charge is 0.265 e. The van der Waals surface area contributed by atoms with Gasteiger partial charge in [0, 0.05) is 17.4 Å². The van der Waals surface area contributed by atoms with Crippen LogP contribution in [0.25, 0.3) is 0 Å². The van der Waals surface area contributed by atoms with Gasteiger partial charge in [-0.15, -0.1) is 0 Å². The average Bonchev–Trinajstić information content (AvgIpc) is 2.37. The summed E-state index contributed by atoms with van der Waals surface area (Å²) in [5.74, 6) is -0.524. The molecular formula is C13H9BrFN3O. The van der Waals surface area contributed by atoms with Crippen LogP contribution in [0, 0.1) is 17.1 Å². The van der Waals surface area contributed by atoms with Gasteiger partial charge < -0.3 is 10.3 Å². The lowest BCUT2D eigenvalue weighted by Crippen LogP contribution is -2.21. The molecule has 1 aromatic heterocycles. The van der Waals surface area contributed by atoms with Gasteiger partial charge in [0.2, 0.25) is 0 Å². The summed E-state index contributed by atoms with van der Waals surface area (Å²) in [5.41, 5.74) is 6.31. The zero-order valence-electron chi connectivity index (χ0n) is 9.73. The van der Waals surface area contributed by atoms with Crippen molar-refractivity contribution in [2.24, 2.45) is 0 Å². The van der Waals surface area contributed by atoms with Crippen molar-refractivity contribution < 1.29 is 4.39 Å². The molecule has 0 aliphatic heterocycles. The highest BCUT2D eigenvalue weighted by Gasteiger charge is 2.08. The molecule has 0 aliphatic carbocycles. The lowest BCUT2D eigenvalue weighted by atomic mass is 10.1. The number of nitriles is 1. The first-order valence-electron chi connectivity index (χ1n) is 5.35. The third kappa shape index (κ3) is 2.83. The highest BCUT2D eigenvalue weighted by molar-refractivity contribution is 9.10. The monoisotopic (exact) mass is 321 g/mol. The first kappa shape index (κ1) is 13.3. The molecule has 0 aliphatic rings. The minimum Gasteiger partial charge on any atom is -0.398 e. The average molecular weight is 322 g/mol. The number of nitrogens with two attached hydrogens (primary N) is 1. The number of hydrogen-bond donors (Lipinski definition) is 1. The normalized spacial score (nSPS) is 10.2. The molecule has 96 valence electrons. The summed E-state index contributed by atoms with van der Waals surface area (Å²) in [5, 5.41) is 8.66. The van der Waals surface area contributed by atoms with Crippen LogP contribution in [0.1, 0.15) is 11.1 Å². The Morgan fingerprint density at radius 2 is 2.16 bits per heavy atom. The Labute approximate surface area is 117 Å². The topological polar surface area (TPSA) is 71.8 Å². The van der Waals surface area contributed by atoms with Gasteiger partial charge >= 0.3 is 0 Å². The SMILES string of the molecule is N#Cc1ccc(Cn2cc(N)cc(Br)c2=O)c(F)c1. The number of benzene rings is 1. The number of nitrogens with zero attached hydrogens (tertiary/aromatic N) is 2. The summed E-state index contributed by atoms with van der Waals surface area (Å²) in [6.45, 7) is 0.0556. The summed E-state index contributed by atoms with van der Waals surface area (Å²) < 4.78 is 15.4. The van der Waals surface area contributed by atoms with Crippen LogP contribution in [0.5, 0.6) is 0 Å². The molecule has 0 amide bonds. The fourth-order valence-electron chi connectivity index (χ4n) is 1.67. The van der Waals surface area contributed by atoms with Crippen molar-refractivity contribution >= 4 is 21.6 Å². The van der Waals surface area contributed by atoms with Gasteiger partial charge in [0.05, 0.1) is 22.7 Å². The molecule has 0 saturated carbocycles. The maximum absolute atomic E-state index is 13.7. The number of aromatic nitrogens is 1. The van der Waals surface area contributed by atoms with Crippen LogP contribution in [0.4, 0.5) is 10.1 Å². The van der Waals surface area contributed by atoms with E-state index in [4.69, 9.17) is 11.0 Å². The zero-order chi connectivity index (χ0) is 14.0. The number of rotatable bonds is 2. The molecule has 2 aromatic rings. The largest absolute Gasteiger partial charge is 0.398 e. The fourth-order valence-corrected chi connectivity index (χ4v) is 2.16. The number of pyridine rings is 1. The van der Waals surface area contributed by atoms with Crippen molar-refractivity contribution in [1.82, 2.24) is 4.57 Å². The summed E-state index contributed by atoms with van der Waals surface area (Å²) >= 11 is 3.10. The van der Waals surface area contributed by atoms with Crippen molar-refractivity contribution in [2.45, 2.75) is 6.54 Å². The van der Waals surface area contributed by atoms with E-state index < -0.39 is 5.82 Å². The molecule has 6 heteroatoms. The lowest BCUT2D eigenvalue weighted by Gasteiger charge is -2.08. The van der Waals surface area contributed by atoms with Crippen LogP contribution in [-0.4, -0.2) is 4.57 Å². The number of anilines is 1. The Bertz CT molecular complexity index is 734. The maximum atomic E-state index is 13.7. The first-order chi connectivity index (χ1) is 9.01. The van der Waals surface area contributed by atoms with Crippen LogP contribution >= 0.6 is 15.9 Å². The van der Waals surface area contributed by atoms with Crippen molar-refractivity contribution in [3.8, 4) is 6.07 Å². The number of hydrogen-bond acceptors (Lipinski definition) is 3. The number of halogens is 2. The molecule has 0 fully saturated rings. The fraction of sp³-hybridized carbons (Fsp3) is 0.0769. The van der Waals surface area contributed by atoms with Gasteiger partial charge in [-0.1, -0.05) is 6.07 Å². The molecule has 1 aromatic carbocycles. The van der Waals surface area contributed by atoms with E-state index in [2.05, 4.69) is 15.9 Å². The zero-order valence-corrected chi connectivity index (χ0v) is 11.3. The Kier molecular flexibility index (Phi) is 3.67. The molecular weight excluding hydrogens is 313 g/mol. The van der Waals surface area contributed by atoms with E-state index in [1.807, 2.05) is 6.07 Å². The molecule has 0 atom stereocenters. The van der Waals surface area contributed by atoms with Gasteiger partial charge in [-0.2, -0.15) is 5.26 Å². The summed E-state index contributed by atoms with van der Waals surface area (Å²) in [4.78, 5) is 11.8. The molecule has 4 nitrogen and oxygen atoms in total. The van der Waals surface area contributed by atoms with Crippen molar-refractivity contribution in [3.63, 3.8) is 0 Å². The summed E-state index contributed by atoms with van der Waals surface area (Å²) in [7, 11) is 0. The van der Waals surface area contributed by atoms with E-state index in [1.165, 1.54) is 29.0 Å². The quantitative estimate of drug-likeness (QED) is 0.922. The molecule has 0 spiro atoms. The number of nitrogen functional groups attached to an aromatic ring is 1. The van der Waals surface area contributed by atoms with Crippen molar-refractivity contribution in [2.75, 3.05) is 5.73 Å². The highest BCUT2D eigenvalue weighted by atomic mass is 79.9. The van der Waals surface area contributed by atoms with E-state index in [0.717, 1.165) is 6.07 Å². The van der Waals surface area contributed by atoms with Crippen LogP contribution in [0.2, 0.25) is 0 Å². The minimum atomic E-state index is -0.524. The van der Waals surface area contributed by atoms with Gasteiger partial charge in [-0.25, -0.2) is 4.39 Å². The minimum absolute atomic E-state index is 0.0556. The summed E-state index contributed by atoms with van der Waals surface area (Å²) in [6.07, 6.45) is 1.45. The second-order valence-electron chi connectivity index (χ2n) is 3.97. The molecule has 0 saturated heterocycles. The van der Waals surface area contributed by atoms with E-state index in [9.17, 15) is 9.18 Å². The van der Waals surface area contributed by atoms with Crippen molar-refractivity contribution in [1.29, 1.82) is 5.26 Å². The van der Waals surface area contributed by atoms with Crippen LogP contribution < -0.4 is 11.3 Å². The van der Waals surface area contributed by atoms with Crippen LogP contribution in [0.15, 0.2) is 39.7 Å². The van der Waals surface area contributed by atoms with Gasteiger partial charge in [0.1, 0.15) is 5.82 Å². The Balaban J connectivity index is 2.42. The second-order valence-corrected chi connectivity index (χ2v) is 4.83. The maximum Gasteiger partial charge on any atom is 0.265 e. The van der Waals surface area contributed by atoms with Gasteiger partial charge in [-0.05, 0) is 34.1 Å². The van der Waals surface area contributed by atoms with E-state index in [1.54, 1.807) is 0 Å². The third-order valence-electron chi connectivity index (χ3n) is 2.59. The molecule has 19 heavy (non-hydrogen) atoms. The highest BCUT2D eigenvalue weighted by Crippen LogP contribution is 2.13. The Morgan fingerprint density at radius 3 is 2.79 bits per heavy atom. The first-order valence-corrected chi connectivity index (χ1v) is 6.14. The van der Waals surface area contributed by atoms with Gasteiger partial charge in [0.15, 0.2) is 0 Å². The van der Waals surface area contributed by atoms with Crippen molar-refractivity contribution in [3.05, 3.63) is 62.2 Å². The van der Waals surface area contributed by atoms with E-state index in [0.29, 0.717) is 15.7 Å². The Morgan fingerprint density at radius 1 is 1.42 bits per heavy atom. The molecule has 0 bridgehead atoms.